The van der Waals surface area contributed by atoms with E-state index >= 15 is 0 Å². The van der Waals surface area contributed by atoms with Gasteiger partial charge in [-0.2, -0.15) is 0 Å². The molecule has 1 amide bonds. The number of hydrogen-bond donors (Lipinski definition) is 2. The van der Waals surface area contributed by atoms with Crippen molar-refractivity contribution in [2.75, 3.05) is 6.54 Å². The van der Waals surface area contributed by atoms with Crippen LogP contribution in [0.25, 0.3) is 0 Å². The predicted octanol–water partition coefficient (Wildman–Crippen LogP) is 1.89. The lowest BCUT2D eigenvalue weighted by Gasteiger charge is -2.05. The molecule has 0 aliphatic heterocycles. The average Bonchev–Trinajstić information content (AvgIpc) is 2.26. The smallest absolute Gasteiger partial charge is 0.269 e. The fourth-order valence-electron chi connectivity index (χ4n) is 1.18. The fraction of sp³-hybridized carbons (Fsp3) is 0.333. The minimum absolute atomic E-state index is 0.0310. The van der Waals surface area contributed by atoms with Crippen molar-refractivity contribution >= 4 is 11.6 Å². The quantitative estimate of drug-likeness (QED) is 0.723. The molecule has 1 aromatic carbocycles. The normalized spacial score (nSPS) is 9.73. The molecule has 0 heterocycles. The second kappa shape index (κ2) is 5.29. The standard InChI is InChI=1S/C12H16N2O/c1-3-8-14-12(15)11(13)10-6-4-9(2)5-7-10/h4-7,13H,3,8H2,1-2H3,(H,14,15). The summed E-state index contributed by atoms with van der Waals surface area (Å²) in [5.74, 6) is -0.305. The lowest BCUT2D eigenvalue weighted by Crippen LogP contribution is -2.31. The summed E-state index contributed by atoms with van der Waals surface area (Å²) < 4.78 is 0. The topological polar surface area (TPSA) is 53.0 Å². The van der Waals surface area contributed by atoms with E-state index in [0.29, 0.717) is 12.1 Å². The average molecular weight is 204 g/mol. The van der Waals surface area contributed by atoms with Crippen LogP contribution in [0.3, 0.4) is 0 Å². The van der Waals surface area contributed by atoms with Gasteiger partial charge < -0.3 is 5.32 Å². The van der Waals surface area contributed by atoms with Crippen LogP contribution in [-0.4, -0.2) is 18.2 Å². The van der Waals surface area contributed by atoms with Gasteiger partial charge in [0.25, 0.3) is 5.91 Å². The Balaban J connectivity index is 2.68. The van der Waals surface area contributed by atoms with E-state index < -0.39 is 0 Å². The number of nitrogens with one attached hydrogen (secondary N) is 2. The summed E-state index contributed by atoms with van der Waals surface area (Å²) >= 11 is 0. The molecule has 0 fully saturated rings. The molecule has 3 heteroatoms. The van der Waals surface area contributed by atoms with Crippen molar-refractivity contribution in [3.63, 3.8) is 0 Å². The molecule has 80 valence electrons. The Morgan fingerprint density at radius 2 is 1.93 bits per heavy atom. The molecule has 2 N–H and O–H groups in total. The lowest BCUT2D eigenvalue weighted by molar-refractivity contribution is -0.114. The van der Waals surface area contributed by atoms with Crippen molar-refractivity contribution in [3.05, 3.63) is 35.4 Å². The number of carbonyl (C=O) groups excluding carboxylic acids is 1. The Morgan fingerprint density at radius 3 is 2.47 bits per heavy atom. The first-order valence-electron chi connectivity index (χ1n) is 5.09. The van der Waals surface area contributed by atoms with E-state index in [2.05, 4.69) is 5.32 Å². The summed E-state index contributed by atoms with van der Waals surface area (Å²) in [6, 6.07) is 7.39. The Kier molecular flexibility index (Phi) is 4.03. The van der Waals surface area contributed by atoms with Gasteiger partial charge in [-0.1, -0.05) is 36.8 Å². The first-order valence-corrected chi connectivity index (χ1v) is 5.09. The van der Waals surface area contributed by atoms with E-state index in [4.69, 9.17) is 5.41 Å². The molecule has 0 radical (unpaired) electrons. The first kappa shape index (κ1) is 11.4. The van der Waals surface area contributed by atoms with E-state index in [0.717, 1.165) is 12.0 Å². The number of carbonyl (C=O) groups is 1. The predicted molar refractivity (Wildman–Crippen MR) is 61.3 cm³/mol. The Hall–Kier alpha value is -1.64. The molecular formula is C12H16N2O. The van der Waals surface area contributed by atoms with Crippen LogP contribution < -0.4 is 5.32 Å². The molecule has 3 nitrogen and oxygen atoms in total. The van der Waals surface area contributed by atoms with Crippen LogP contribution in [0.4, 0.5) is 0 Å². The molecule has 0 saturated heterocycles. The van der Waals surface area contributed by atoms with Crippen LogP contribution in [0.1, 0.15) is 24.5 Å². The number of amides is 1. The van der Waals surface area contributed by atoms with Crippen molar-refractivity contribution in [1.29, 1.82) is 5.41 Å². The van der Waals surface area contributed by atoms with Crippen molar-refractivity contribution in [3.8, 4) is 0 Å². The highest BCUT2D eigenvalue weighted by atomic mass is 16.1. The van der Waals surface area contributed by atoms with Crippen LogP contribution in [0.15, 0.2) is 24.3 Å². The van der Waals surface area contributed by atoms with E-state index in [9.17, 15) is 4.79 Å². The van der Waals surface area contributed by atoms with Gasteiger partial charge in [-0.3, -0.25) is 10.2 Å². The molecule has 0 aromatic heterocycles. The minimum Gasteiger partial charge on any atom is -0.351 e. The molecule has 0 bridgehead atoms. The van der Waals surface area contributed by atoms with Gasteiger partial charge in [0.05, 0.1) is 0 Å². The van der Waals surface area contributed by atoms with Crippen LogP contribution in [0, 0.1) is 12.3 Å². The zero-order valence-corrected chi connectivity index (χ0v) is 9.13. The van der Waals surface area contributed by atoms with E-state index in [1.165, 1.54) is 0 Å². The fourth-order valence-corrected chi connectivity index (χ4v) is 1.18. The summed E-state index contributed by atoms with van der Waals surface area (Å²) in [6.07, 6.45) is 0.882. The highest BCUT2D eigenvalue weighted by Gasteiger charge is 2.09. The van der Waals surface area contributed by atoms with Gasteiger partial charge in [0.1, 0.15) is 5.71 Å². The molecule has 0 atom stereocenters. The summed E-state index contributed by atoms with van der Waals surface area (Å²) in [7, 11) is 0. The van der Waals surface area contributed by atoms with E-state index in [1.54, 1.807) is 12.1 Å². The van der Waals surface area contributed by atoms with Crippen LogP contribution >= 0.6 is 0 Å². The summed E-state index contributed by atoms with van der Waals surface area (Å²) in [5.41, 5.74) is 1.82. The third kappa shape index (κ3) is 3.20. The highest BCUT2D eigenvalue weighted by Crippen LogP contribution is 2.03. The van der Waals surface area contributed by atoms with Crippen LogP contribution in [0.2, 0.25) is 0 Å². The van der Waals surface area contributed by atoms with Crippen molar-refractivity contribution in [1.82, 2.24) is 5.32 Å². The zero-order valence-electron chi connectivity index (χ0n) is 9.13. The Labute approximate surface area is 90.0 Å². The van der Waals surface area contributed by atoms with Gasteiger partial charge in [-0.25, -0.2) is 0 Å². The van der Waals surface area contributed by atoms with Gasteiger partial charge >= 0.3 is 0 Å². The Bertz CT molecular complexity index is 354. The van der Waals surface area contributed by atoms with Crippen LogP contribution in [-0.2, 0) is 4.79 Å². The summed E-state index contributed by atoms with van der Waals surface area (Å²) in [4.78, 5) is 11.5. The second-order valence-corrected chi connectivity index (χ2v) is 3.50. The lowest BCUT2D eigenvalue weighted by atomic mass is 10.1. The molecule has 0 spiro atoms. The molecular weight excluding hydrogens is 188 g/mol. The number of benzene rings is 1. The van der Waals surface area contributed by atoms with Gasteiger partial charge in [0, 0.05) is 12.1 Å². The molecule has 0 unspecified atom stereocenters. The molecule has 1 rings (SSSR count). The molecule has 15 heavy (non-hydrogen) atoms. The van der Waals surface area contributed by atoms with Crippen molar-refractivity contribution in [2.24, 2.45) is 0 Å². The monoisotopic (exact) mass is 204 g/mol. The molecule has 0 aliphatic rings. The maximum Gasteiger partial charge on any atom is 0.269 e. The number of aryl methyl sites for hydroxylation is 1. The van der Waals surface area contributed by atoms with Crippen LogP contribution in [0.5, 0.6) is 0 Å². The Morgan fingerprint density at radius 1 is 1.33 bits per heavy atom. The molecule has 0 saturated carbocycles. The minimum atomic E-state index is -0.305. The second-order valence-electron chi connectivity index (χ2n) is 3.50. The van der Waals surface area contributed by atoms with Crippen molar-refractivity contribution in [2.45, 2.75) is 20.3 Å². The summed E-state index contributed by atoms with van der Waals surface area (Å²) in [5, 5.41) is 10.4. The highest BCUT2D eigenvalue weighted by molar-refractivity contribution is 6.44. The number of hydrogen-bond acceptors (Lipinski definition) is 2. The first-order chi connectivity index (χ1) is 7.15. The van der Waals surface area contributed by atoms with Gasteiger partial charge in [0.15, 0.2) is 0 Å². The SMILES string of the molecule is CCCNC(=O)C(=N)c1ccc(C)cc1. The van der Waals surface area contributed by atoms with E-state index in [1.807, 2.05) is 26.0 Å². The maximum atomic E-state index is 11.5. The largest absolute Gasteiger partial charge is 0.351 e. The summed E-state index contributed by atoms with van der Waals surface area (Å²) in [6.45, 7) is 4.58. The van der Waals surface area contributed by atoms with Crippen molar-refractivity contribution < 1.29 is 4.79 Å². The third-order valence-electron chi connectivity index (χ3n) is 2.10. The zero-order chi connectivity index (χ0) is 11.3. The van der Waals surface area contributed by atoms with Gasteiger partial charge in [-0.15, -0.1) is 0 Å². The molecule has 1 aromatic rings. The van der Waals surface area contributed by atoms with E-state index in [-0.39, 0.29) is 11.6 Å². The van der Waals surface area contributed by atoms with Gasteiger partial charge in [-0.05, 0) is 13.3 Å². The maximum absolute atomic E-state index is 11.5. The number of rotatable bonds is 4. The third-order valence-corrected chi connectivity index (χ3v) is 2.10. The van der Waals surface area contributed by atoms with Gasteiger partial charge in [0.2, 0.25) is 0 Å². The molecule has 0 aliphatic carbocycles.